The number of ether oxygens (including phenoxy) is 1. The van der Waals surface area contributed by atoms with E-state index in [1.807, 2.05) is 0 Å². The second-order valence-corrected chi connectivity index (χ2v) is 10.4. The molecule has 30 heavy (non-hydrogen) atoms. The fourth-order valence-corrected chi connectivity index (χ4v) is 5.63. The van der Waals surface area contributed by atoms with E-state index in [4.69, 9.17) is 16.3 Å². The van der Waals surface area contributed by atoms with E-state index in [-0.39, 0.29) is 29.4 Å². The number of carbonyl (C=O) groups excluding carboxylic acids is 3. The van der Waals surface area contributed by atoms with E-state index in [1.165, 1.54) is 11.9 Å². The molecule has 2 aliphatic heterocycles. The van der Waals surface area contributed by atoms with Gasteiger partial charge in [0.05, 0.1) is 17.4 Å². The molecule has 8 nitrogen and oxygen atoms in total. The lowest BCUT2D eigenvalue weighted by Gasteiger charge is -2.31. The molecule has 1 aromatic rings. The number of carbonyl (C=O) groups is 3. The number of esters is 1. The quantitative estimate of drug-likeness (QED) is 0.620. The summed E-state index contributed by atoms with van der Waals surface area (Å²) in [6.07, 6.45) is 1.32. The molecule has 164 valence electrons. The zero-order chi connectivity index (χ0) is 21.9. The summed E-state index contributed by atoms with van der Waals surface area (Å²) in [5.41, 5.74) is 0.544. The molecule has 2 saturated heterocycles. The molecule has 0 N–H and O–H groups in total. The van der Waals surface area contributed by atoms with Crippen molar-refractivity contribution in [2.75, 3.05) is 38.2 Å². The topological polar surface area (TPSA) is 101 Å². The van der Waals surface area contributed by atoms with Crippen molar-refractivity contribution in [2.45, 2.75) is 25.3 Å². The van der Waals surface area contributed by atoms with E-state index < -0.39 is 28.3 Å². The largest absolute Gasteiger partial charge is 0.455 e. The highest BCUT2D eigenvalue weighted by Gasteiger charge is 2.34. The average molecular weight is 457 g/mol. The Morgan fingerprint density at radius 3 is 2.33 bits per heavy atom. The molecule has 0 unspecified atom stereocenters. The molecule has 2 fully saturated rings. The second kappa shape index (κ2) is 9.34. The number of hydrogen-bond donors (Lipinski definition) is 0. The smallest absolute Gasteiger partial charge is 0.309 e. The maximum Gasteiger partial charge on any atom is 0.309 e. The number of sulfone groups is 1. The molecule has 0 spiro atoms. The van der Waals surface area contributed by atoms with Crippen molar-refractivity contribution in [2.24, 2.45) is 5.92 Å². The molecule has 10 heteroatoms. The monoisotopic (exact) mass is 456 g/mol. The Morgan fingerprint density at radius 1 is 1.13 bits per heavy atom. The Hall–Kier alpha value is -2.13. The number of rotatable bonds is 5. The SMILES string of the molecule is CN(C(=O)COC(=O)C1CCN(C(=O)c2ccc(Cl)cc2)CC1)[C@@H]1CCS(=O)(=O)C1. The van der Waals surface area contributed by atoms with Crippen LogP contribution in [-0.4, -0.2) is 80.3 Å². The van der Waals surface area contributed by atoms with Crippen LogP contribution in [0.3, 0.4) is 0 Å². The third-order valence-electron chi connectivity index (χ3n) is 5.69. The van der Waals surface area contributed by atoms with Crippen molar-refractivity contribution < 1.29 is 27.5 Å². The van der Waals surface area contributed by atoms with Crippen molar-refractivity contribution in [3.8, 4) is 0 Å². The fourth-order valence-electron chi connectivity index (χ4n) is 3.73. The van der Waals surface area contributed by atoms with Crippen LogP contribution in [0.2, 0.25) is 5.02 Å². The Bertz CT molecular complexity index is 910. The highest BCUT2D eigenvalue weighted by atomic mass is 35.5. The Balaban J connectivity index is 1.43. The van der Waals surface area contributed by atoms with E-state index >= 15 is 0 Å². The van der Waals surface area contributed by atoms with Gasteiger partial charge in [-0.15, -0.1) is 0 Å². The van der Waals surface area contributed by atoms with Crippen LogP contribution in [0.4, 0.5) is 0 Å². The first-order valence-corrected chi connectivity index (χ1v) is 12.0. The molecule has 1 atom stereocenters. The lowest BCUT2D eigenvalue weighted by atomic mass is 9.96. The Labute approximate surface area is 181 Å². The molecule has 0 saturated carbocycles. The lowest BCUT2D eigenvalue weighted by Crippen LogP contribution is -2.42. The minimum Gasteiger partial charge on any atom is -0.455 e. The third kappa shape index (κ3) is 5.51. The van der Waals surface area contributed by atoms with Gasteiger partial charge in [0.25, 0.3) is 11.8 Å². The zero-order valence-electron chi connectivity index (χ0n) is 16.8. The number of likely N-dealkylation sites (N-methyl/N-ethyl adjacent to an activating group) is 1. The molecule has 2 heterocycles. The number of hydrogen-bond acceptors (Lipinski definition) is 6. The van der Waals surface area contributed by atoms with Gasteiger partial charge in [-0.05, 0) is 43.5 Å². The van der Waals surface area contributed by atoms with Crippen molar-refractivity contribution in [3.05, 3.63) is 34.9 Å². The first-order valence-electron chi connectivity index (χ1n) is 9.84. The summed E-state index contributed by atoms with van der Waals surface area (Å²) in [7, 11) is -1.57. The molecule has 0 radical (unpaired) electrons. The highest BCUT2D eigenvalue weighted by molar-refractivity contribution is 7.91. The molecule has 2 amide bonds. The number of halogens is 1. The maximum atomic E-state index is 12.5. The van der Waals surface area contributed by atoms with Crippen LogP contribution in [-0.2, 0) is 24.2 Å². The predicted octanol–water partition coefficient (Wildman–Crippen LogP) is 1.38. The van der Waals surface area contributed by atoms with Crippen LogP contribution in [0.25, 0.3) is 0 Å². The van der Waals surface area contributed by atoms with Gasteiger partial charge in [0.15, 0.2) is 16.4 Å². The van der Waals surface area contributed by atoms with E-state index in [9.17, 15) is 22.8 Å². The molecule has 1 aromatic carbocycles. The summed E-state index contributed by atoms with van der Waals surface area (Å²) >= 11 is 5.85. The first-order chi connectivity index (χ1) is 14.2. The number of nitrogens with zero attached hydrogens (tertiary/aromatic N) is 2. The highest BCUT2D eigenvalue weighted by Crippen LogP contribution is 2.21. The molecule has 0 bridgehead atoms. The van der Waals surface area contributed by atoms with Gasteiger partial charge >= 0.3 is 5.97 Å². The van der Waals surface area contributed by atoms with Gasteiger partial charge in [-0.3, -0.25) is 14.4 Å². The van der Waals surface area contributed by atoms with Crippen LogP contribution in [0.5, 0.6) is 0 Å². The predicted molar refractivity (Wildman–Crippen MR) is 111 cm³/mol. The first kappa shape index (κ1) is 22.6. The van der Waals surface area contributed by atoms with Crippen LogP contribution < -0.4 is 0 Å². The Kier molecular flexibility index (Phi) is 7.02. The molecular formula is C20H25ClN2O6S. The van der Waals surface area contributed by atoms with Gasteiger partial charge < -0.3 is 14.5 Å². The molecule has 3 rings (SSSR count). The Morgan fingerprint density at radius 2 is 1.77 bits per heavy atom. The van der Waals surface area contributed by atoms with Crippen molar-refractivity contribution >= 4 is 39.2 Å². The summed E-state index contributed by atoms with van der Waals surface area (Å²) in [5, 5.41) is 0.558. The normalized spacial score (nSPS) is 21.3. The summed E-state index contributed by atoms with van der Waals surface area (Å²) in [4.78, 5) is 40.1. The van der Waals surface area contributed by atoms with Crippen molar-refractivity contribution in [1.29, 1.82) is 0 Å². The zero-order valence-corrected chi connectivity index (χ0v) is 18.3. The number of amides is 2. The van der Waals surface area contributed by atoms with Crippen molar-refractivity contribution in [1.82, 2.24) is 9.80 Å². The molecule has 0 aromatic heterocycles. The summed E-state index contributed by atoms with van der Waals surface area (Å²) in [6.45, 7) is 0.444. The van der Waals surface area contributed by atoms with E-state index in [1.54, 1.807) is 29.2 Å². The fraction of sp³-hybridized carbons (Fsp3) is 0.550. The van der Waals surface area contributed by atoms with E-state index in [0.717, 1.165) is 0 Å². The minimum atomic E-state index is -3.10. The standard InChI is InChI=1S/C20H25ClN2O6S/c1-22(17-8-11-30(27,28)13-17)18(24)12-29-20(26)15-6-9-23(10-7-15)19(25)14-2-4-16(21)5-3-14/h2-5,15,17H,6-13H2,1H3/t17-/m1/s1. The van der Waals surface area contributed by atoms with Gasteiger partial charge in [-0.2, -0.15) is 0 Å². The van der Waals surface area contributed by atoms with Gasteiger partial charge in [-0.25, -0.2) is 8.42 Å². The minimum absolute atomic E-state index is 0.0523. The van der Waals surface area contributed by atoms with Crippen LogP contribution in [0, 0.1) is 5.92 Å². The van der Waals surface area contributed by atoms with Crippen LogP contribution >= 0.6 is 11.6 Å². The van der Waals surface area contributed by atoms with Gasteiger partial charge in [0, 0.05) is 36.8 Å². The van der Waals surface area contributed by atoms with E-state index in [0.29, 0.717) is 42.9 Å². The molecule has 0 aliphatic carbocycles. The average Bonchev–Trinajstić information content (AvgIpc) is 3.11. The van der Waals surface area contributed by atoms with Gasteiger partial charge in [0.2, 0.25) is 0 Å². The number of benzene rings is 1. The second-order valence-electron chi connectivity index (χ2n) is 7.74. The molecular weight excluding hydrogens is 432 g/mol. The lowest BCUT2D eigenvalue weighted by molar-refractivity contribution is -0.156. The number of piperidine rings is 1. The summed E-state index contributed by atoms with van der Waals surface area (Å²) < 4.78 is 28.3. The van der Waals surface area contributed by atoms with Gasteiger partial charge in [0.1, 0.15) is 0 Å². The van der Waals surface area contributed by atoms with Crippen molar-refractivity contribution in [3.63, 3.8) is 0 Å². The summed E-state index contributed by atoms with van der Waals surface area (Å²) in [6, 6.07) is 6.29. The van der Waals surface area contributed by atoms with Crippen LogP contribution in [0.1, 0.15) is 29.6 Å². The van der Waals surface area contributed by atoms with Crippen LogP contribution in [0.15, 0.2) is 24.3 Å². The maximum absolute atomic E-state index is 12.5. The molecule has 2 aliphatic rings. The van der Waals surface area contributed by atoms with E-state index in [2.05, 4.69) is 0 Å². The summed E-state index contributed by atoms with van der Waals surface area (Å²) in [5.74, 6) is -1.34. The number of likely N-dealkylation sites (tertiary alicyclic amines) is 1. The van der Waals surface area contributed by atoms with Gasteiger partial charge in [-0.1, -0.05) is 11.6 Å². The third-order valence-corrected chi connectivity index (χ3v) is 7.70.